The molecule has 0 radical (unpaired) electrons. The van der Waals surface area contributed by atoms with E-state index in [2.05, 4.69) is 0 Å². The van der Waals surface area contributed by atoms with Gasteiger partial charge in [-0.05, 0) is 6.92 Å². The van der Waals surface area contributed by atoms with Crippen LogP contribution in [0.4, 0.5) is 0 Å². The lowest BCUT2D eigenvalue weighted by Crippen LogP contribution is -2.30. The largest absolute Gasteiger partial charge is 0.342 e. The van der Waals surface area contributed by atoms with E-state index in [4.69, 9.17) is 5.21 Å². The Labute approximate surface area is 70.3 Å². The Morgan fingerprint density at radius 3 is 2.92 bits per heavy atom. The third-order valence-electron chi connectivity index (χ3n) is 2.08. The van der Waals surface area contributed by atoms with Gasteiger partial charge in [-0.2, -0.15) is 0 Å². The lowest BCUT2D eigenvalue weighted by atomic mass is 10.1. The van der Waals surface area contributed by atoms with Gasteiger partial charge in [-0.1, -0.05) is 0 Å². The van der Waals surface area contributed by atoms with Crippen molar-refractivity contribution in [2.24, 2.45) is 5.92 Å². The maximum atomic E-state index is 11.1. The van der Waals surface area contributed by atoms with Crippen molar-refractivity contribution in [2.75, 3.05) is 13.1 Å². The van der Waals surface area contributed by atoms with E-state index < -0.39 is 5.91 Å². The highest BCUT2D eigenvalue weighted by atomic mass is 16.5. The van der Waals surface area contributed by atoms with Gasteiger partial charge in [-0.25, -0.2) is 5.48 Å². The Kier molecular flexibility index (Phi) is 2.65. The second kappa shape index (κ2) is 3.53. The number of rotatable bonds is 2. The Balaban J connectivity index is 2.54. The average molecular weight is 172 g/mol. The fraction of sp³-hybridized carbons (Fsp3) is 0.714. The minimum absolute atomic E-state index is 0.0221. The van der Waals surface area contributed by atoms with Crippen molar-refractivity contribution in [2.45, 2.75) is 13.3 Å². The van der Waals surface area contributed by atoms with Crippen molar-refractivity contribution >= 4 is 11.8 Å². The molecule has 0 aliphatic carbocycles. The number of hydroxylamine groups is 1. The van der Waals surface area contributed by atoms with Gasteiger partial charge in [0.15, 0.2) is 0 Å². The van der Waals surface area contributed by atoms with Gasteiger partial charge >= 0.3 is 0 Å². The molecular formula is C7H12N2O3. The first-order chi connectivity index (χ1) is 5.69. The summed E-state index contributed by atoms with van der Waals surface area (Å²) in [5, 5.41) is 8.31. The Morgan fingerprint density at radius 2 is 2.50 bits per heavy atom. The number of hydrogen-bond donors (Lipinski definition) is 2. The fourth-order valence-electron chi connectivity index (χ4n) is 1.34. The van der Waals surface area contributed by atoms with Crippen LogP contribution in [0.5, 0.6) is 0 Å². The molecule has 1 unspecified atom stereocenters. The quantitative estimate of drug-likeness (QED) is 0.430. The molecule has 1 atom stereocenters. The normalized spacial score (nSPS) is 23.0. The number of carbonyl (C=O) groups excluding carboxylic acids is 2. The van der Waals surface area contributed by atoms with E-state index in [0.29, 0.717) is 13.1 Å². The lowest BCUT2D eigenvalue weighted by molar-refractivity contribution is -0.133. The van der Waals surface area contributed by atoms with Crippen LogP contribution in [0.15, 0.2) is 0 Å². The maximum absolute atomic E-state index is 11.1. The number of nitrogens with one attached hydrogen (secondary N) is 1. The second-order valence-electron chi connectivity index (χ2n) is 2.81. The molecule has 5 heteroatoms. The standard InChI is InChI=1S/C7H12N2O3/c1-2-9-4-5(3-6(9)10)7(11)8-12/h5,12H,2-4H2,1H3,(H,8,11). The van der Waals surface area contributed by atoms with E-state index in [1.54, 1.807) is 10.4 Å². The van der Waals surface area contributed by atoms with Crippen LogP contribution >= 0.6 is 0 Å². The molecule has 1 fully saturated rings. The van der Waals surface area contributed by atoms with Gasteiger partial charge in [0, 0.05) is 19.5 Å². The molecule has 2 N–H and O–H groups in total. The molecule has 0 saturated carbocycles. The second-order valence-corrected chi connectivity index (χ2v) is 2.81. The minimum atomic E-state index is -0.473. The van der Waals surface area contributed by atoms with Gasteiger partial charge in [0.05, 0.1) is 5.92 Å². The Bertz CT molecular complexity index is 203. The van der Waals surface area contributed by atoms with Crippen molar-refractivity contribution in [1.82, 2.24) is 10.4 Å². The van der Waals surface area contributed by atoms with Gasteiger partial charge in [0.1, 0.15) is 0 Å². The average Bonchev–Trinajstić information content (AvgIpc) is 2.45. The van der Waals surface area contributed by atoms with Gasteiger partial charge in [0.2, 0.25) is 11.8 Å². The highest BCUT2D eigenvalue weighted by Gasteiger charge is 2.32. The molecule has 1 heterocycles. The first-order valence-electron chi connectivity index (χ1n) is 3.90. The molecule has 2 amide bonds. The molecule has 0 aromatic carbocycles. The van der Waals surface area contributed by atoms with E-state index in [0.717, 1.165) is 0 Å². The molecule has 1 aliphatic rings. The van der Waals surface area contributed by atoms with E-state index in [1.807, 2.05) is 6.92 Å². The highest BCUT2D eigenvalue weighted by molar-refractivity contribution is 5.88. The SMILES string of the molecule is CCN1CC(C(=O)NO)CC1=O. The van der Waals surface area contributed by atoms with Gasteiger partial charge < -0.3 is 4.90 Å². The minimum Gasteiger partial charge on any atom is -0.342 e. The molecule has 5 nitrogen and oxygen atoms in total. The molecule has 12 heavy (non-hydrogen) atoms. The van der Waals surface area contributed by atoms with Crippen LogP contribution in [0.1, 0.15) is 13.3 Å². The van der Waals surface area contributed by atoms with Crippen LogP contribution in [-0.4, -0.2) is 35.0 Å². The van der Waals surface area contributed by atoms with Crippen molar-refractivity contribution in [3.8, 4) is 0 Å². The number of amides is 2. The lowest BCUT2D eigenvalue weighted by Gasteiger charge is -2.12. The summed E-state index contributed by atoms with van der Waals surface area (Å²) < 4.78 is 0. The predicted octanol–water partition coefficient (Wildman–Crippen LogP) is -0.640. The van der Waals surface area contributed by atoms with Crippen LogP contribution in [0.25, 0.3) is 0 Å². The topological polar surface area (TPSA) is 69.6 Å². The van der Waals surface area contributed by atoms with Gasteiger partial charge in [-0.15, -0.1) is 0 Å². The zero-order valence-corrected chi connectivity index (χ0v) is 6.91. The summed E-state index contributed by atoms with van der Waals surface area (Å²) in [5.41, 5.74) is 1.55. The molecule has 0 spiro atoms. The van der Waals surface area contributed by atoms with Gasteiger partial charge in [-0.3, -0.25) is 14.8 Å². The maximum Gasteiger partial charge on any atom is 0.248 e. The summed E-state index contributed by atoms with van der Waals surface area (Å²) >= 11 is 0. The number of nitrogens with zero attached hydrogens (tertiary/aromatic N) is 1. The first-order valence-corrected chi connectivity index (χ1v) is 3.90. The molecule has 0 bridgehead atoms. The van der Waals surface area contributed by atoms with Crippen molar-refractivity contribution < 1.29 is 14.8 Å². The summed E-state index contributed by atoms with van der Waals surface area (Å²) in [6.45, 7) is 2.90. The van der Waals surface area contributed by atoms with Crippen molar-refractivity contribution in [1.29, 1.82) is 0 Å². The zero-order valence-electron chi connectivity index (χ0n) is 6.91. The van der Waals surface area contributed by atoms with Crippen LogP contribution in [-0.2, 0) is 9.59 Å². The number of hydrogen-bond acceptors (Lipinski definition) is 3. The molecule has 68 valence electrons. The molecule has 1 rings (SSSR count). The third-order valence-corrected chi connectivity index (χ3v) is 2.08. The monoisotopic (exact) mass is 172 g/mol. The Hall–Kier alpha value is -1.10. The summed E-state index contributed by atoms with van der Waals surface area (Å²) in [4.78, 5) is 23.6. The highest BCUT2D eigenvalue weighted by Crippen LogP contribution is 2.16. The zero-order chi connectivity index (χ0) is 9.14. The van der Waals surface area contributed by atoms with Crippen LogP contribution in [0, 0.1) is 5.92 Å². The summed E-state index contributed by atoms with van der Waals surface area (Å²) in [5.74, 6) is -0.882. The van der Waals surface area contributed by atoms with Crippen LogP contribution in [0.3, 0.4) is 0 Å². The first kappa shape index (κ1) is 8.99. The van der Waals surface area contributed by atoms with Gasteiger partial charge in [0.25, 0.3) is 0 Å². The van der Waals surface area contributed by atoms with Crippen molar-refractivity contribution in [3.63, 3.8) is 0 Å². The number of likely N-dealkylation sites (tertiary alicyclic amines) is 1. The third kappa shape index (κ3) is 1.55. The predicted molar refractivity (Wildman–Crippen MR) is 40.3 cm³/mol. The van der Waals surface area contributed by atoms with Crippen LogP contribution in [0.2, 0.25) is 0 Å². The van der Waals surface area contributed by atoms with E-state index >= 15 is 0 Å². The van der Waals surface area contributed by atoms with Crippen molar-refractivity contribution in [3.05, 3.63) is 0 Å². The summed E-state index contributed by atoms with van der Waals surface area (Å²) in [7, 11) is 0. The smallest absolute Gasteiger partial charge is 0.248 e. The Morgan fingerprint density at radius 1 is 1.83 bits per heavy atom. The number of carbonyl (C=O) groups is 2. The molecule has 1 aliphatic heterocycles. The summed E-state index contributed by atoms with van der Waals surface area (Å²) in [6, 6.07) is 0. The van der Waals surface area contributed by atoms with E-state index in [-0.39, 0.29) is 18.2 Å². The van der Waals surface area contributed by atoms with Crippen LogP contribution < -0.4 is 5.48 Å². The van der Waals surface area contributed by atoms with E-state index in [1.165, 1.54) is 0 Å². The molecule has 0 aromatic heterocycles. The molecule has 0 aromatic rings. The van der Waals surface area contributed by atoms with E-state index in [9.17, 15) is 9.59 Å². The molecule has 1 saturated heterocycles. The fourth-order valence-corrected chi connectivity index (χ4v) is 1.34. The summed E-state index contributed by atoms with van der Waals surface area (Å²) in [6.07, 6.45) is 0.209. The molecular weight excluding hydrogens is 160 g/mol.